The number of carbonyl (C=O) groups excluding carboxylic acids is 1. The van der Waals surface area contributed by atoms with E-state index in [4.69, 9.17) is 16.3 Å². The minimum Gasteiger partial charge on any atom is -0.482 e. The summed E-state index contributed by atoms with van der Waals surface area (Å²) in [4.78, 5) is 11.8. The van der Waals surface area contributed by atoms with Crippen LogP contribution in [0.1, 0.15) is 5.56 Å². The summed E-state index contributed by atoms with van der Waals surface area (Å²) in [6.45, 7) is 1.90. The molecule has 0 aliphatic heterocycles. The van der Waals surface area contributed by atoms with Gasteiger partial charge in [0.2, 0.25) is 0 Å². The summed E-state index contributed by atoms with van der Waals surface area (Å²) in [7, 11) is 0. The van der Waals surface area contributed by atoms with Crippen LogP contribution in [-0.4, -0.2) is 12.5 Å². The molecule has 0 atom stereocenters. The van der Waals surface area contributed by atoms with Gasteiger partial charge in [-0.1, -0.05) is 45.2 Å². The lowest BCUT2D eigenvalue weighted by atomic mass is 10.2. The van der Waals surface area contributed by atoms with Gasteiger partial charge in [-0.05, 0) is 37.3 Å². The summed E-state index contributed by atoms with van der Waals surface area (Å²) in [6, 6.07) is 12.8. The minimum absolute atomic E-state index is 0.0881. The molecule has 0 unspecified atom stereocenters. The zero-order valence-corrected chi connectivity index (χ0v) is 13.2. The van der Waals surface area contributed by atoms with Crippen LogP contribution in [-0.2, 0) is 4.79 Å². The number of nitrogens with one attached hydrogen (secondary N) is 1. The quantitative estimate of drug-likeness (QED) is 0.882. The first-order chi connectivity index (χ1) is 9.54. The second-order valence-corrected chi connectivity index (χ2v) is 5.60. The number of carbonyl (C=O) groups is 1. The van der Waals surface area contributed by atoms with Crippen molar-refractivity contribution in [2.75, 3.05) is 11.9 Å². The average Bonchev–Trinajstić information content (AvgIpc) is 2.40. The molecular weight excluding hydrogens is 342 g/mol. The number of hydrogen-bond acceptors (Lipinski definition) is 2. The molecule has 2 aromatic carbocycles. The van der Waals surface area contributed by atoms with Crippen LogP contribution in [0.25, 0.3) is 0 Å². The van der Waals surface area contributed by atoms with Gasteiger partial charge < -0.3 is 10.1 Å². The first-order valence-corrected chi connectivity index (χ1v) is 7.16. The largest absolute Gasteiger partial charge is 0.482 e. The van der Waals surface area contributed by atoms with Crippen molar-refractivity contribution in [2.24, 2.45) is 0 Å². The van der Waals surface area contributed by atoms with E-state index in [2.05, 4.69) is 21.2 Å². The van der Waals surface area contributed by atoms with Crippen LogP contribution in [0, 0.1) is 6.92 Å². The van der Waals surface area contributed by atoms with Crippen molar-refractivity contribution < 1.29 is 9.53 Å². The monoisotopic (exact) mass is 353 g/mol. The van der Waals surface area contributed by atoms with E-state index >= 15 is 0 Å². The van der Waals surface area contributed by atoms with Crippen molar-refractivity contribution in [3.63, 3.8) is 0 Å². The van der Waals surface area contributed by atoms with Gasteiger partial charge in [-0.15, -0.1) is 0 Å². The number of benzene rings is 2. The van der Waals surface area contributed by atoms with Gasteiger partial charge in [0.05, 0.1) is 5.02 Å². The Bertz CT molecular complexity index is 614. The van der Waals surface area contributed by atoms with Crippen molar-refractivity contribution in [3.05, 3.63) is 57.5 Å². The molecule has 5 heteroatoms. The molecule has 2 rings (SSSR count). The summed E-state index contributed by atoms with van der Waals surface area (Å²) in [5.74, 6) is 0.252. The highest BCUT2D eigenvalue weighted by atomic mass is 79.9. The van der Waals surface area contributed by atoms with Gasteiger partial charge in [0.25, 0.3) is 5.91 Å². The van der Waals surface area contributed by atoms with E-state index in [9.17, 15) is 4.79 Å². The summed E-state index contributed by atoms with van der Waals surface area (Å²) in [5.41, 5.74) is 1.88. The SMILES string of the molecule is Cc1ccc(NC(=O)COc2ccc(Br)cc2Cl)cc1. The molecule has 0 saturated heterocycles. The van der Waals surface area contributed by atoms with Crippen molar-refractivity contribution in [1.29, 1.82) is 0 Å². The van der Waals surface area contributed by atoms with Gasteiger partial charge in [0, 0.05) is 10.2 Å². The van der Waals surface area contributed by atoms with Crippen molar-refractivity contribution >= 4 is 39.1 Å². The molecule has 0 bridgehead atoms. The molecule has 0 aliphatic rings. The topological polar surface area (TPSA) is 38.3 Å². The number of aryl methyl sites for hydroxylation is 1. The van der Waals surface area contributed by atoms with Crippen LogP contribution >= 0.6 is 27.5 Å². The lowest BCUT2D eigenvalue weighted by Crippen LogP contribution is -2.20. The Morgan fingerprint density at radius 1 is 1.25 bits per heavy atom. The van der Waals surface area contributed by atoms with Crippen LogP contribution in [0.4, 0.5) is 5.69 Å². The van der Waals surface area contributed by atoms with E-state index in [1.165, 1.54) is 0 Å². The summed E-state index contributed by atoms with van der Waals surface area (Å²) >= 11 is 9.31. The first-order valence-electron chi connectivity index (χ1n) is 5.99. The van der Waals surface area contributed by atoms with Gasteiger partial charge in [-0.2, -0.15) is 0 Å². The Kier molecular flexibility index (Phi) is 5.04. The molecular formula is C15H13BrClNO2. The van der Waals surface area contributed by atoms with Crippen LogP contribution < -0.4 is 10.1 Å². The lowest BCUT2D eigenvalue weighted by Gasteiger charge is -2.09. The summed E-state index contributed by atoms with van der Waals surface area (Å²) in [5, 5.41) is 3.21. The second kappa shape index (κ2) is 6.77. The fourth-order valence-electron chi connectivity index (χ4n) is 1.57. The molecule has 1 amide bonds. The van der Waals surface area contributed by atoms with Gasteiger partial charge in [-0.25, -0.2) is 0 Å². The Morgan fingerprint density at radius 2 is 1.95 bits per heavy atom. The third kappa shape index (κ3) is 4.25. The molecule has 0 radical (unpaired) electrons. The highest BCUT2D eigenvalue weighted by Gasteiger charge is 2.06. The third-order valence-electron chi connectivity index (χ3n) is 2.59. The molecule has 0 fully saturated rings. The number of hydrogen-bond donors (Lipinski definition) is 1. The van der Waals surface area contributed by atoms with Gasteiger partial charge in [0.15, 0.2) is 6.61 Å². The van der Waals surface area contributed by atoms with Crippen LogP contribution in [0.15, 0.2) is 46.9 Å². The maximum Gasteiger partial charge on any atom is 0.262 e. The number of halogens is 2. The smallest absolute Gasteiger partial charge is 0.262 e. The molecule has 2 aromatic rings. The molecule has 1 N–H and O–H groups in total. The lowest BCUT2D eigenvalue weighted by molar-refractivity contribution is -0.118. The molecule has 104 valence electrons. The zero-order valence-electron chi connectivity index (χ0n) is 10.8. The van der Waals surface area contributed by atoms with Crippen molar-refractivity contribution in [2.45, 2.75) is 6.92 Å². The average molecular weight is 355 g/mol. The standard InChI is InChI=1S/C15H13BrClNO2/c1-10-2-5-12(6-3-10)18-15(19)9-20-14-7-4-11(16)8-13(14)17/h2-8H,9H2,1H3,(H,18,19). The predicted octanol–water partition coefficient (Wildman–Crippen LogP) is 4.43. The number of anilines is 1. The van der Waals surface area contributed by atoms with E-state index in [1.807, 2.05) is 31.2 Å². The van der Waals surface area contributed by atoms with Crippen molar-refractivity contribution in [3.8, 4) is 5.75 Å². The normalized spacial score (nSPS) is 10.2. The van der Waals surface area contributed by atoms with E-state index < -0.39 is 0 Å². The minimum atomic E-state index is -0.229. The van der Waals surface area contributed by atoms with Gasteiger partial charge >= 0.3 is 0 Å². The molecule has 0 aliphatic carbocycles. The van der Waals surface area contributed by atoms with Crippen LogP contribution in [0.2, 0.25) is 5.02 Å². The summed E-state index contributed by atoms with van der Waals surface area (Å²) < 4.78 is 6.24. The molecule has 3 nitrogen and oxygen atoms in total. The van der Waals surface area contributed by atoms with E-state index in [1.54, 1.807) is 18.2 Å². The summed E-state index contributed by atoms with van der Waals surface area (Å²) in [6.07, 6.45) is 0. The Hall–Kier alpha value is -1.52. The van der Waals surface area contributed by atoms with E-state index in [0.29, 0.717) is 10.8 Å². The highest BCUT2D eigenvalue weighted by molar-refractivity contribution is 9.10. The van der Waals surface area contributed by atoms with E-state index in [-0.39, 0.29) is 12.5 Å². The Morgan fingerprint density at radius 3 is 2.60 bits per heavy atom. The van der Waals surface area contributed by atoms with Crippen LogP contribution in [0.5, 0.6) is 5.75 Å². The Balaban J connectivity index is 1.90. The van der Waals surface area contributed by atoms with E-state index in [0.717, 1.165) is 15.7 Å². The maximum absolute atomic E-state index is 11.8. The number of rotatable bonds is 4. The maximum atomic E-state index is 11.8. The Labute approximate surface area is 131 Å². The number of ether oxygens (including phenoxy) is 1. The van der Waals surface area contributed by atoms with Crippen molar-refractivity contribution in [1.82, 2.24) is 0 Å². The molecule has 0 saturated carbocycles. The second-order valence-electron chi connectivity index (χ2n) is 4.28. The fourth-order valence-corrected chi connectivity index (χ4v) is 2.30. The van der Waals surface area contributed by atoms with Gasteiger partial charge in [-0.3, -0.25) is 4.79 Å². The molecule has 0 spiro atoms. The third-order valence-corrected chi connectivity index (χ3v) is 3.38. The molecule has 0 heterocycles. The predicted molar refractivity (Wildman–Crippen MR) is 84.5 cm³/mol. The van der Waals surface area contributed by atoms with Gasteiger partial charge in [0.1, 0.15) is 5.75 Å². The van der Waals surface area contributed by atoms with Crippen LogP contribution in [0.3, 0.4) is 0 Å². The first kappa shape index (κ1) is 14.9. The molecule has 0 aromatic heterocycles. The highest BCUT2D eigenvalue weighted by Crippen LogP contribution is 2.27. The fraction of sp³-hybridized carbons (Fsp3) is 0.133. The zero-order chi connectivity index (χ0) is 14.5. The number of amides is 1. The molecule has 20 heavy (non-hydrogen) atoms.